The first-order chi connectivity index (χ1) is 8.24. The summed E-state index contributed by atoms with van der Waals surface area (Å²) in [5, 5.41) is 0. The number of nitrogens with two attached hydrogens (primary N) is 1. The molecule has 17 heavy (non-hydrogen) atoms. The number of aromatic amines is 1. The van der Waals surface area contributed by atoms with Crippen molar-refractivity contribution in [2.45, 2.75) is 32.1 Å². The van der Waals surface area contributed by atoms with Crippen LogP contribution in [-0.4, -0.2) is 9.97 Å². The number of rotatable bonds is 2. The molecular weight excluding hydrogens is 210 g/mol. The first kappa shape index (κ1) is 10.4. The number of hydrogen-bond acceptors (Lipinski definition) is 2. The van der Waals surface area contributed by atoms with E-state index in [1.54, 1.807) is 0 Å². The fourth-order valence-electron chi connectivity index (χ4n) is 2.18. The molecule has 0 radical (unpaired) electrons. The average Bonchev–Trinajstić information content (AvgIpc) is 2.69. The molecule has 88 valence electrons. The lowest BCUT2D eigenvalue weighted by Gasteiger charge is -2.22. The van der Waals surface area contributed by atoms with Crippen LogP contribution in [0.25, 0.3) is 11.3 Å². The highest BCUT2D eigenvalue weighted by atomic mass is 14.9. The number of benzene rings is 1. The van der Waals surface area contributed by atoms with Crippen LogP contribution in [0.5, 0.6) is 0 Å². The highest BCUT2D eigenvalue weighted by Crippen LogP contribution is 2.35. The lowest BCUT2D eigenvalue weighted by molar-refractivity contribution is 0.404. The van der Waals surface area contributed by atoms with Crippen LogP contribution in [0.15, 0.2) is 24.4 Å². The predicted octanol–water partition coefficient (Wildman–Crippen LogP) is 3.23. The molecule has 3 nitrogen and oxygen atoms in total. The topological polar surface area (TPSA) is 54.7 Å². The van der Waals surface area contributed by atoms with Crippen LogP contribution in [0.1, 0.15) is 36.6 Å². The molecule has 3 heteroatoms. The molecule has 0 amide bonds. The monoisotopic (exact) mass is 227 g/mol. The quantitative estimate of drug-likeness (QED) is 0.774. The van der Waals surface area contributed by atoms with Gasteiger partial charge in [-0.15, -0.1) is 0 Å². The first-order valence-electron chi connectivity index (χ1n) is 6.15. The van der Waals surface area contributed by atoms with Gasteiger partial charge in [-0.1, -0.05) is 18.6 Å². The molecule has 1 fully saturated rings. The van der Waals surface area contributed by atoms with Crippen molar-refractivity contribution in [1.29, 1.82) is 0 Å². The Morgan fingerprint density at radius 1 is 1.35 bits per heavy atom. The molecular formula is C14H17N3. The Morgan fingerprint density at radius 3 is 2.82 bits per heavy atom. The summed E-state index contributed by atoms with van der Waals surface area (Å²) in [7, 11) is 0. The second kappa shape index (κ2) is 3.91. The van der Waals surface area contributed by atoms with Crippen LogP contribution in [0.4, 0.5) is 5.69 Å². The van der Waals surface area contributed by atoms with Crippen molar-refractivity contribution in [3.8, 4) is 11.3 Å². The summed E-state index contributed by atoms with van der Waals surface area (Å²) in [4.78, 5) is 7.88. The van der Waals surface area contributed by atoms with Gasteiger partial charge in [-0.05, 0) is 31.4 Å². The fraction of sp³-hybridized carbons (Fsp3) is 0.357. The van der Waals surface area contributed by atoms with Gasteiger partial charge in [0.1, 0.15) is 5.82 Å². The Bertz CT molecular complexity index is 538. The van der Waals surface area contributed by atoms with E-state index in [0.29, 0.717) is 5.92 Å². The molecule has 2 aromatic rings. The van der Waals surface area contributed by atoms with Crippen molar-refractivity contribution in [2.75, 3.05) is 5.73 Å². The minimum atomic E-state index is 0.645. The predicted molar refractivity (Wildman–Crippen MR) is 69.8 cm³/mol. The van der Waals surface area contributed by atoms with E-state index in [9.17, 15) is 0 Å². The van der Waals surface area contributed by atoms with Crippen molar-refractivity contribution in [3.05, 3.63) is 35.8 Å². The van der Waals surface area contributed by atoms with Gasteiger partial charge in [-0.25, -0.2) is 4.98 Å². The molecule has 1 heterocycles. The zero-order valence-electron chi connectivity index (χ0n) is 10.0. The lowest BCUT2D eigenvalue weighted by atomic mass is 9.85. The van der Waals surface area contributed by atoms with Crippen molar-refractivity contribution >= 4 is 5.69 Å². The zero-order valence-corrected chi connectivity index (χ0v) is 10.0. The third kappa shape index (κ3) is 1.82. The highest BCUT2D eigenvalue weighted by Gasteiger charge is 2.22. The molecule has 1 aromatic heterocycles. The number of aromatic nitrogens is 2. The van der Waals surface area contributed by atoms with Gasteiger partial charge < -0.3 is 10.7 Å². The smallest absolute Gasteiger partial charge is 0.109 e. The first-order valence-corrected chi connectivity index (χ1v) is 6.15. The Morgan fingerprint density at radius 2 is 2.18 bits per heavy atom. The Labute approximate surface area is 101 Å². The standard InChI is InChI=1S/C14H17N3/c1-9-5-6-11(7-12(9)15)13-8-16-14(17-13)10-3-2-4-10/h5-8,10H,2-4,15H2,1H3,(H,16,17). The van der Waals surface area contributed by atoms with E-state index in [4.69, 9.17) is 5.73 Å². The Balaban J connectivity index is 1.92. The number of nitrogens with zero attached hydrogens (tertiary/aromatic N) is 1. The summed E-state index contributed by atoms with van der Waals surface area (Å²) >= 11 is 0. The maximum atomic E-state index is 5.93. The van der Waals surface area contributed by atoms with Crippen molar-refractivity contribution in [1.82, 2.24) is 9.97 Å². The summed E-state index contributed by atoms with van der Waals surface area (Å²) < 4.78 is 0. The van der Waals surface area contributed by atoms with Gasteiger partial charge in [0.15, 0.2) is 0 Å². The molecule has 0 atom stereocenters. The van der Waals surface area contributed by atoms with Gasteiger partial charge in [-0.2, -0.15) is 0 Å². The van der Waals surface area contributed by atoms with Crippen LogP contribution >= 0.6 is 0 Å². The number of aryl methyl sites for hydroxylation is 1. The summed E-state index contributed by atoms with van der Waals surface area (Å²) in [5.74, 6) is 1.77. The van der Waals surface area contributed by atoms with Crippen molar-refractivity contribution in [3.63, 3.8) is 0 Å². The molecule has 1 saturated carbocycles. The van der Waals surface area contributed by atoms with Crippen LogP contribution in [0, 0.1) is 6.92 Å². The summed E-state index contributed by atoms with van der Waals surface area (Å²) in [6, 6.07) is 6.14. The van der Waals surface area contributed by atoms with E-state index in [1.807, 2.05) is 19.2 Å². The van der Waals surface area contributed by atoms with Crippen LogP contribution in [0.3, 0.4) is 0 Å². The summed E-state index contributed by atoms with van der Waals surface area (Å²) in [6.45, 7) is 2.02. The second-order valence-electron chi connectivity index (χ2n) is 4.88. The Kier molecular flexibility index (Phi) is 2.39. The average molecular weight is 227 g/mol. The van der Waals surface area contributed by atoms with Gasteiger partial charge in [-0.3, -0.25) is 0 Å². The van der Waals surface area contributed by atoms with Crippen LogP contribution in [-0.2, 0) is 0 Å². The van der Waals surface area contributed by atoms with E-state index in [-0.39, 0.29) is 0 Å². The number of H-pyrrole nitrogens is 1. The van der Waals surface area contributed by atoms with E-state index >= 15 is 0 Å². The lowest BCUT2D eigenvalue weighted by Crippen LogP contribution is -2.10. The van der Waals surface area contributed by atoms with Gasteiger partial charge in [0.25, 0.3) is 0 Å². The van der Waals surface area contributed by atoms with E-state index in [0.717, 1.165) is 28.3 Å². The third-order valence-corrected chi connectivity index (χ3v) is 3.68. The van der Waals surface area contributed by atoms with Gasteiger partial charge >= 0.3 is 0 Å². The molecule has 0 saturated heterocycles. The minimum Gasteiger partial charge on any atom is -0.398 e. The largest absolute Gasteiger partial charge is 0.398 e. The number of nitrogen functional groups attached to an aromatic ring is 1. The van der Waals surface area contributed by atoms with Crippen LogP contribution < -0.4 is 5.73 Å². The SMILES string of the molecule is Cc1ccc(-c2cnc(C3CCC3)[nH]2)cc1N. The number of hydrogen-bond donors (Lipinski definition) is 2. The molecule has 1 aliphatic carbocycles. The molecule has 0 unspecified atom stereocenters. The number of imidazole rings is 1. The summed E-state index contributed by atoms with van der Waals surface area (Å²) in [6.07, 6.45) is 5.78. The maximum Gasteiger partial charge on any atom is 0.109 e. The molecule has 3 rings (SSSR count). The van der Waals surface area contributed by atoms with Crippen molar-refractivity contribution < 1.29 is 0 Å². The molecule has 0 bridgehead atoms. The molecule has 1 aliphatic rings. The van der Waals surface area contributed by atoms with E-state index in [2.05, 4.69) is 22.1 Å². The normalized spacial score (nSPS) is 15.8. The highest BCUT2D eigenvalue weighted by molar-refractivity contribution is 5.65. The van der Waals surface area contributed by atoms with Gasteiger partial charge in [0, 0.05) is 17.2 Å². The fourth-order valence-corrected chi connectivity index (χ4v) is 2.18. The number of nitrogens with one attached hydrogen (secondary N) is 1. The molecule has 0 aliphatic heterocycles. The van der Waals surface area contributed by atoms with E-state index in [1.165, 1.54) is 19.3 Å². The second-order valence-corrected chi connectivity index (χ2v) is 4.88. The van der Waals surface area contributed by atoms with Crippen molar-refractivity contribution in [2.24, 2.45) is 0 Å². The van der Waals surface area contributed by atoms with Crippen LogP contribution in [0.2, 0.25) is 0 Å². The van der Waals surface area contributed by atoms with E-state index < -0.39 is 0 Å². The molecule has 1 aromatic carbocycles. The number of anilines is 1. The molecule has 3 N–H and O–H groups in total. The van der Waals surface area contributed by atoms with Gasteiger partial charge in [0.2, 0.25) is 0 Å². The molecule has 0 spiro atoms. The Hall–Kier alpha value is -1.77. The maximum absolute atomic E-state index is 5.93. The zero-order chi connectivity index (χ0) is 11.8. The van der Waals surface area contributed by atoms with Gasteiger partial charge in [0.05, 0.1) is 11.9 Å². The third-order valence-electron chi connectivity index (χ3n) is 3.68. The minimum absolute atomic E-state index is 0.645. The summed E-state index contributed by atoms with van der Waals surface area (Å²) in [5.41, 5.74) is 10.1.